The molecule has 0 aliphatic rings. The fourth-order valence-corrected chi connectivity index (χ4v) is 2.61. The molecule has 0 aliphatic heterocycles. The van der Waals surface area contributed by atoms with E-state index in [1.807, 2.05) is 0 Å². The zero-order valence-electron chi connectivity index (χ0n) is 13.8. The van der Waals surface area contributed by atoms with E-state index in [2.05, 4.69) is 4.98 Å². The number of hydrogen-bond donors (Lipinski definition) is 0. The van der Waals surface area contributed by atoms with Gasteiger partial charge in [0.2, 0.25) is 0 Å². The Balaban J connectivity index is 1.64. The molecule has 0 spiro atoms. The number of aryl methyl sites for hydroxylation is 2. The quantitative estimate of drug-likeness (QED) is 0.457. The Hall–Kier alpha value is -2.73. The molecule has 2 aromatic carbocycles. The van der Waals surface area contributed by atoms with Crippen molar-refractivity contribution in [1.82, 2.24) is 4.98 Å². The highest BCUT2D eigenvalue weighted by atomic mass is 35.5. The minimum absolute atomic E-state index is 0.00176. The average molecular weight is 378 g/mol. The average Bonchev–Trinajstić information content (AvgIpc) is 3.04. The van der Waals surface area contributed by atoms with Gasteiger partial charge in [0.15, 0.2) is 11.7 Å². The van der Waals surface area contributed by atoms with E-state index < -0.39 is 17.6 Å². The van der Waals surface area contributed by atoms with Gasteiger partial charge >= 0.3 is 5.97 Å². The lowest BCUT2D eigenvalue weighted by molar-refractivity contribution is -0.134. The Morgan fingerprint density at radius 1 is 1.23 bits per heavy atom. The summed E-state index contributed by atoms with van der Waals surface area (Å²) in [4.78, 5) is 15.9. The van der Waals surface area contributed by atoms with Crippen LogP contribution >= 0.6 is 11.6 Å². The van der Waals surface area contributed by atoms with Gasteiger partial charge in [-0.25, -0.2) is 13.8 Å². The first kappa shape index (κ1) is 18.1. The second-order valence-corrected chi connectivity index (χ2v) is 6.04. The van der Waals surface area contributed by atoms with Crippen molar-refractivity contribution in [2.45, 2.75) is 19.8 Å². The van der Waals surface area contributed by atoms with Crippen molar-refractivity contribution in [2.24, 2.45) is 0 Å². The van der Waals surface area contributed by atoms with E-state index in [1.54, 1.807) is 25.1 Å². The van der Waals surface area contributed by atoms with Gasteiger partial charge in [-0.2, -0.15) is 0 Å². The lowest BCUT2D eigenvalue weighted by atomic mass is 10.1. The van der Waals surface area contributed by atoms with Gasteiger partial charge in [-0.15, -0.1) is 0 Å². The Morgan fingerprint density at radius 2 is 1.96 bits per heavy atom. The van der Waals surface area contributed by atoms with Crippen LogP contribution in [0.15, 0.2) is 47.0 Å². The molecule has 0 unspecified atom stereocenters. The van der Waals surface area contributed by atoms with Crippen molar-refractivity contribution in [3.63, 3.8) is 0 Å². The molecule has 0 radical (unpaired) electrons. The summed E-state index contributed by atoms with van der Waals surface area (Å²) in [5.74, 6) is -1.39. The molecule has 3 rings (SSSR count). The van der Waals surface area contributed by atoms with Gasteiger partial charge in [-0.1, -0.05) is 17.7 Å². The van der Waals surface area contributed by atoms with Gasteiger partial charge in [0.25, 0.3) is 0 Å². The van der Waals surface area contributed by atoms with Crippen molar-refractivity contribution in [1.29, 1.82) is 0 Å². The van der Waals surface area contributed by atoms with E-state index in [0.29, 0.717) is 10.8 Å². The molecule has 134 valence electrons. The number of oxazole rings is 1. The van der Waals surface area contributed by atoms with Crippen molar-refractivity contribution in [3.05, 3.63) is 70.7 Å². The van der Waals surface area contributed by atoms with E-state index in [4.69, 9.17) is 20.8 Å². The normalized spacial score (nSPS) is 10.8. The molecule has 7 heteroatoms. The molecule has 26 heavy (non-hydrogen) atoms. The largest absolute Gasteiger partial charge is 0.441 e. The minimum atomic E-state index is -0.745. The monoisotopic (exact) mass is 377 g/mol. The molecule has 0 atom stereocenters. The Morgan fingerprint density at radius 3 is 2.65 bits per heavy atom. The number of nitrogens with zero attached hydrogens (tertiary/aromatic N) is 1. The van der Waals surface area contributed by atoms with Gasteiger partial charge in [0.1, 0.15) is 17.4 Å². The van der Waals surface area contributed by atoms with Gasteiger partial charge in [0, 0.05) is 11.4 Å². The topological polar surface area (TPSA) is 52.3 Å². The van der Waals surface area contributed by atoms with E-state index in [0.717, 1.165) is 17.7 Å². The van der Waals surface area contributed by atoms with Crippen LogP contribution in [0.3, 0.4) is 0 Å². The summed E-state index contributed by atoms with van der Waals surface area (Å²) in [7, 11) is 0. The number of ether oxygens (including phenoxy) is 1. The van der Waals surface area contributed by atoms with Crippen LogP contribution < -0.4 is 4.74 Å². The van der Waals surface area contributed by atoms with Crippen molar-refractivity contribution >= 4 is 17.6 Å². The van der Waals surface area contributed by atoms with Crippen molar-refractivity contribution in [3.8, 4) is 17.1 Å². The smallest absolute Gasteiger partial charge is 0.311 e. The lowest BCUT2D eigenvalue weighted by Crippen LogP contribution is -2.09. The number of hydrogen-bond acceptors (Lipinski definition) is 4. The number of carbonyl (C=O) groups excluding carboxylic acids is 1. The fraction of sp³-hybridized carbons (Fsp3) is 0.158. The molecule has 0 aliphatic carbocycles. The summed E-state index contributed by atoms with van der Waals surface area (Å²) in [5, 5.41) is 0.551. The van der Waals surface area contributed by atoms with Crippen LogP contribution in [0.2, 0.25) is 5.02 Å². The summed E-state index contributed by atoms with van der Waals surface area (Å²) in [6.45, 7) is 1.78. The van der Waals surface area contributed by atoms with Crippen LogP contribution in [0.1, 0.15) is 17.9 Å². The maximum Gasteiger partial charge on any atom is 0.311 e. The number of esters is 1. The molecule has 1 heterocycles. The summed E-state index contributed by atoms with van der Waals surface area (Å²) in [5.41, 5.74) is 0.449. The Kier molecular flexibility index (Phi) is 5.32. The molecule has 4 nitrogen and oxygen atoms in total. The van der Waals surface area contributed by atoms with Crippen LogP contribution in [0.25, 0.3) is 11.3 Å². The molecule has 0 saturated carbocycles. The molecule has 0 fully saturated rings. The number of aromatic nitrogens is 1. The van der Waals surface area contributed by atoms with Crippen LogP contribution in [0, 0.1) is 18.6 Å². The molecule has 0 saturated heterocycles. The molecule has 0 amide bonds. The number of rotatable bonds is 5. The maximum absolute atomic E-state index is 13.8. The highest BCUT2D eigenvalue weighted by molar-refractivity contribution is 6.30. The molecule has 3 aromatic rings. The Labute approximate surface area is 153 Å². The van der Waals surface area contributed by atoms with Crippen molar-refractivity contribution in [2.75, 3.05) is 0 Å². The van der Waals surface area contributed by atoms with E-state index in [-0.39, 0.29) is 30.1 Å². The third-order valence-electron chi connectivity index (χ3n) is 3.67. The summed E-state index contributed by atoms with van der Waals surface area (Å²) in [6.07, 6.45) is 1.37. The zero-order chi connectivity index (χ0) is 18.7. The van der Waals surface area contributed by atoms with Crippen molar-refractivity contribution < 1.29 is 22.7 Å². The summed E-state index contributed by atoms with van der Waals surface area (Å²) < 4.78 is 38.1. The molecule has 0 N–H and O–H groups in total. The van der Waals surface area contributed by atoms with Gasteiger partial charge in [-0.3, -0.25) is 4.79 Å². The first-order chi connectivity index (χ1) is 12.4. The highest BCUT2D eigenvalue weighted by Crippen LogP contribution is 2.27. The molecular weight excluding hydrogens is 364 g/mol. The first-order valence-corrected chi connectivity index (χ1v) is 8.18. The molecule has 0 bridgehead atoms. The van der Waals surface area contributed by atoms with E-state index in [9.17, 15) is 13.6 Å². The maximum atomic E-state index is 13.8. The Bertz CT molecular complexity index is 935. The number of halogens is 3. The van der Waals surface area contributed by atoms with Crippen LogP contribution in [-0.2, 0) is 11.2 Å². The van der Waals surface area contributed by atoms with Gasteiger partial charge in [-0.05, 0) is 42.8 Å². The highest BCUT2D eigenvalue weighted by Gasteiger charge is 2.17. The standard InChI is InChI=1S/C19H14ClF2NO3/c1-11-9-12(20)5-6-15(11)26-18(24)8-7-17-23-10-16(25-17)19-13(21)3-2-4-14(19)22/h2-6,9-10H,7-8H2,1H3. The number of benzene rings is 2. The van der Waals surface area contributed by atoms with Crippen LogP contribution in [0.5, 0.6) is 5.75 Å². The zero-order valence-corrected chi connectivity index (χ0v) is 14.5. The van der Waals surface area contributed by atoms with E-state index in [1.165, 1.54) is 12.3 Å². The fourth-order valence-electron chi connectivity index (χ4n) is 2.38. The van der Waals surface area contributed by atoms with Gasteiger partial charge in [0.05, 0.1) is 18.2 Å². The van der Waals surface area contributed by atoms with Gasteiger partial charge < -0.3 is 9.15 Å². The second-order valence-electron chi connectivity index (χ2n) is 5.60. The first-order valence-electron chi connectivity index (χ1n) is 7.80. The van der Waals surface area contributed by atoms with Crippen LogP contribution in [0.4, 0.5) is 8.78 Å². The third-order valence-corrected chi connectivity index (χ3v) is 3.90. The van der Waals surface area contributed by atoms with E-state index >= 15 is 0 Å². The predicted octanol–water partition coefficient (Wildman–Crippen LogP) is 5.12. The minimum Gasteiger partial charge on any atom is -0.441 e. The predicted molar refractivity (Wildman–Crippen MR) is 92.0 cm³/mol. The third kappa shape index (κ3) is 4.08. The summed E-state index contributed by atoms with van der Waals surface area (Å²) >= 11 is 5.86. The summed E-state index contributed by atoms with van der Waals surface area (Å²) in [6, 6.07) is 8.45. The SMILES string of the molecule is Cc1cc(Cl)ccc1OC(=O)CCc1ncc(-c2c(F)cccc2F)o1. The lowest BCUT2D eigenvalue weighted by Gasteiger charge is -2.06. The molecular formula is C19H14ClF2NO3. The molecule has 1 aromatic heterocycles. The number of carbonyl (C=O) groups is 1. The van der Waals surface area contributed by atoms with Crippen LogP contribution in [-0.4, -0.2) is 11.0 Å². The second kappa shape index (κ2) is 7.66.